The highest BCUT2D eigenvalue weighted by molar-refractivity contribution is 6.46. The molecule has 3 rings (SSSR count). The highest BCUT2D eigenvalue weighted by atomic mass is 16.5. The lowest BCUT2D eigenvalue weighted by Gasteiger charge is -2.26. The zero-order valence-corrected chi connectivity index (χ0v) is 17.2. The fraction of sp³-hybridized carbons (Fsp3) is 0.381. The molecule has 1 fully saturated rings. The van der Waals surface area contributed by atoms with Gasteiger partial charge in [0.2, 0.25) is 0 Å². The maximum absolute atomic E-state index is 13.0. The van der Waals surface area contributed by atoms with Crippen LogP contribution in [0.4, 0.5) is 0 Å². The van der Waals surface area contributed by atoms with Crippen LogP contribution in [0.2, 0.25) is 0 Å². The number of hydrogen-bond acceptors (Lipinski definition) is 6. The number of para-hydroxylation sites is 1. The third-order valence-electron chi connectivity index (χ3n) is 5.26. The van der Waals surface area contributed by atoms with Gasteiger partial charge >= 0.3 is 0 Å². The maximum Gasteiger partial charge on any atom is 0.295 e. The fourth-order valence-electron chi connectivity index (χ4n) is 3.77. The predicted molar refractivity (Wildman–Crippen MR) is 107 cm³/mol. The lowest BCUT2D eigenvalue weighted by molar-refractivity contribution is -0.140. The zero-order valence-electron chi connectivity index (χ0n) is 17.2. The number of aromatic nitrogens is 2. The van der Waals surface area contributed by atoms with E-state index in [1.165, 1.54) is 19.1 Å². The van der Waals surface area contributed by atoms with Gasteiger partial charge in [0.25, 0.3) is 11.7 Å². The first-order valence-corrected chi connectivity index (χ1v) is 9.24. The first-order chi connectivity index (χ1) is 13.8. The van der Waals surface area contributed by atoms with Crippen LogP contribution in [0.1, 0.15) is 28.6 Å². The molecular formula is C21H25N3O5. The van der Waals surface area contributed by atoms with Crippen molar-refractivity contribution >= 4 is 17.4 Å². The molecule has 8 nitrogen and oxygen atoms in total. The average Bonchev–Trinajstić information content (AvgIpc) is 3.11. The molecule has 29 heavy (non-hydrogen) atoms. The van der Waals surface area contributed by atoms with Gasteiger partial charge in [-0.2, -0.15) is 5.10 Å². The number of methoxy groups -OCH3 is 2. The highest BCUT2D eigenvalue weighted by Gasteiger charge is 2.47. The Balaban J connectivity index is 2.27. The molecular weight excluding hydrogens is 374 g/mol. The molecule has 1 amide bonds. The monoisotopic (exact) mass is 399 g/mol. The Morgan fingerprint density at radius 3 is 2.48 bits per heavy atom. The molecule has 1 aliphatic rings. The number of amides is 1. The van der Waals surface area contributed by atoms with E-state index in [4.69, 9.17) is 9.47 Å². The number of nitrogens with zero attached hydrogens (tertiary/aromatic N) is 3. The minimum absolute atomic E-state index is 0.0230. The van der Waals surface area contributed by atoms with Crippen molar-refractivity contribution in [2.75, 3.05) is 27.4 Å². The lowest BCUT2D eigenvalue weighted by Crippen LogP contribution is -2.32. The van der Waals surface area contributed by atoms with E-state index in [1.807, 2.05) is 0 Å². The summed E-state index contributed by atoms with van der Waals surface area (Å²) in [7, 11) is 4.81. The van der Waals surface area contributed by atoms with Gasteiger partial charge < -0.3 is 19.5 Å². The van der Waals surface area contributed by atoms with Gasteiger partial charge in [0.1, 0.15) is 11.5 Å². The molecule has 0 aliphatic carbocycles. The standard InChI is InChI=1S/C21H25N3O5/c1-12-16(13(2)23(3)22-12)19(25)17-18(14-8-6-7-9-15(14)29-5)24(10-11-28-4)21(27)20(17)26/h6-9,18,25H,10-11H2,1-5H3/b19-17+. The number of aryl methyl sites for hydroxylation is 2. The first-order valence-electron chi connectivity index (χ1n) is 9.24. The van der Waals surface area contributed by atoms with Crippen LogP contribution in [0.25, 0.3) is 5.76 Å². The minimum Gasteiger partial charge on any atom is -0.507 e. The first kappa shape index (κ1) is 20.6. The van der Waals surface area contributed by atoms with Crippen LogP contribution in [0.15, 0.2) is 29.8 Å². The Morgan fingerprint density at radius 2 is 1.90 bits per heavy atom. The van der Waals surface area contributed by atoms with Gasteiger partial charge in [-0.15, -0.1) is 0 Å². The molecule has 1 N–H and O–H groups in total. The van der Waals surface area contributed by atoms with E-state index in [9.17, 15) is 14.7 Å². The molecule has 1 atom stereocenters. The largest absolute Gasteiger partial charge is 0.507 e. The fourth-order valence-corrected chi connectivity index (χ4v) is 3.77. The summed E-state index contributed by atoms with van der Waals surface area (Å²) in [5, 5.41) is 15.5. The zero-order chi connectivity index (χ0) is 21.3. The summed E-state index contributed by atoms with van der Waals surface area (Å²) in [6.07, 6.45) is 0. The summed E-state index contributed by atoms with van der Waals surface area (Å²) in [6.45, 7) is 4.00. The molecule has 0 spiro atoms. The Kier molecular flexibility index (Phi) is 5.74. The number of hydrogen-bond donors (Lipinski definition) is 1. The predicted octanol–water partition coefficient (Wildman–Crippen LogP) is 2.11. The van der Waals surface area contributed by atoms with Crippen LogP contribution in [0.3, 0.4) is 0 Å². The van der Waals surface area contributed by atoms with Crippen molar-refractivity contribution in [1.29, 1.82) is 0 Å². The minimum atomic E-state index is -0.791. The number of ether oxygens (including phenoxy) is 2. The van der Waals surface area contributed by atoms with Gasteiger partial charge in [-0.3, -0.25) is 14.3 Å². The van der Waals surface area contributed by atoms with E-state index in [-0.39, 0.29) is 24.5 Å². The molecule has 0 saturated carbocycles. The lowest BCUT2D eigenvalue weighted by atomic mass is 9.94. The third-order valence-corrected chi connectivity index (χ3v) is 5.26. The van der Waals surface area contributed by atoms with Crippen LogP contribution in [0.5, 0.6) is 5.75 Å². The van der Waals surface area contributed by atoms with Crippen molar-refractivity contribution in [2.45, 2.75) is 19.9 Å². The Labute approximate surface area is 169 Å². The SMILES string of the molecule is COCCN1C(=O)C(=O)/C(=C(/O)c2c(C)nn(C)c2C)C1c1ccccc1OC. The van der Waals surface area contributed by atoms with E-state index in [0.717, 1.165) is 0 Å². The Bertz CT molecular complexity index is 992. The molecule has 0 radical (unpaired) electrons. The molecule has 1 saturated heterocycles. The number of aliphatic hydroxyl groups excluding tert-OH is 1. The van der Waals surface area contributed by atoms with Crippen molar-refractivity contribution in [3.8, 4) is 5.75 Å². The Hall–Kier alpha value is -3.13. The number of Topliss-reactive ketones (excluding diaryl/α,β-unsaturated/α-hetero) is 1. The molecule has 1 aromatic heterocycles. The molecule has 1 aliphatic heterocycles. The van der Waals surface area contributed by atoms with Gasteiger partial charge in [-0.05, 0) is 19.9 Å². The second kappa shape index (κ2) is 8.08. The molecule has 0 bridgehead atoms. The second-order valence-electron chi connectivity index (χ2n) is 6.90. The van der Waals surface area contributed by atoms with Gasteiger partial charge in [0.05, 0.1) is 36.6 Å². The molecule has 154 valence electrons. The number of ketones is 1. The van der Waals surface area contributed by atoms with Crippen LogP contribution in [0, 0.1) is 13.8 Å². The Morgan fingerprint density at radius 1 is 1.21 bits per heavy atom. The van der Waals surface area contributed by atoms with Crippen LogP contribution >= 0.6 is 0 Å². The molecule has 2 heterocycles. The highest BCUT2D eigenvalue weighted by Crippen LogP contribution is 2.43. The maximum atomic E-state index is 13.0. The summed E-state index contributed by atoms with van der Waals surface area (Å²) >= 11 is 0. The van der Waals surface area contributed by atoms with Crippen molar-refractivity contribution in [3.05, 3.63) is 52.4 Å². The number of aliphatic hydroxyl groups is 1. The third kappa shape index (κ3) is 3.40. The van der Waals surface area contributed by atoms with Gasteiger partial charge in [-0.25, -0.2) is 0 Å². The van der Waals surface area contributed by atoms with E-state index in [0.29, 0.717) is 28.3 Å². The molecule has 2 aromatic rings. The normalized spacial score (nSPS) is 18.5. The quantitative estimate of drug-likeness (QED) is 0.454. The number of carbonyl (C=O) groups excluding carboxylic acids is 2. The number of rotatable bonds is 6. The summed E-state index contributed by atoms with van der Waals surface area (Å²) in [5.74, 6) is -1.13. The number of likely N-dealkylation sites (tertiary alicyclic amines) is 1. The van der Waals surface area contributed by atoms with E-state index in [1.54, 1.807) is 49.8 Å². The summed E-state index contributed by atoms with van der Waals surface area (Å²) in [5.41, 5.74) is 2.37. The van der Waals surface area contributed by atoms with E-state index < -0.39 is 17.7 Å². The topological polar surface area (TPSA) is 93.9 Å². The van der Waals surface area contributed by atoms with Gasteiger partial charge in [0.15, 0.2) is 0 Å². The summed E-state index contributed by atoms with van der Waals surface area (Å²) in [4.78, 5) is 27.2. The number of benzene rings is 1. The van der Waals surface area contributed by atoms with Crippen LogP contribution in [-0.4, -0.2) is 58.8 Å². The smallest absolute Gasteiger partial charge is 0.295 e. The van der Waals surface area contributed by atoms with Gasteiger partial charge in [0, 0.05) is 32.0 Å². The van der Waals surface area contributed by atoms with Crippen molar-refractivity contribution in [2.24, 2.45) is 7.05 Å². The number of carbonyl (C=O) groups is 2. The van der Waals surface area contributed by atoms with Crippen molar-refractivity contribution in [1.82, 2.24) is 14.7 Å². The van der Waals surface area contributed by atoms with Crippen molar-refractivity contribution < 1.29 is 24.2 Å². The summed E-state index contributed by atoms with van der Waals surface area (Å²) < 4.78 is 12.2. The average molecular weight is 399 g/mol. The molecule has 1 unspecified atom stereocenters. The van der Waals surface area contributed by atoms with Crippen LogP contribution in [-0.2, 0) is 21.4 Å². The summed E-state index contributed by atoms with van der Waals surface area (Å²) in [6, 6.07) is 6.35. The van der Waals surface area contributed by atoms with Gasteiger partial charge in [-0.1, -0.05) is 18.2 Å². The molecule has 8 heteroatoms. The van der Waals surface area contributed by atoms with Crippen molar-refractivity contribution in [3.63, 3.8) is 0 Å². The van der Waals surface area contributed by atoms with Crippen LogP contribution < -0.4 is 4.74 Å². The second-order valence-corrected chi connectivity index (χ2v) is 6.90. The molecule has 1 aromatic carbocycles. The van der Waals surface area contributed by atoms with E-state index in [2.05, 4.69) is 5.10 Å². The van der Waals surface area contributed by atoms with E-state index >= 15 is 0 Å².